The molecule has 5 heterocycles. The number of halogens is 3. The first-order chi connectivity index (χ1) is 24.2. The van der Waals surface area contributed by atoms with Gasteiger partial charge in [0.25, 0.3) is 0 Å². The van der Waals surface area contributed by atoms with Crippen molar-refractivity contribution >= 4 is 35.3 Å². The summed E-state index contributed by atoms with van der Waals surface area (Å²) in [5.74, 6) is -3.23. The van der Waals surface area contributed by atoms with Gasteiger partial charge < -0.3 is 41.0 Å². The standard InChI is InChI=1S/C15H22FN3O6.C9H12FN3O3S.C4H4FN3O/c1-3-4-5-6-24-15(23)18-12-9(16)7-19(14(22)17-12)13-11(21)10(20)8(2)25-13;10-5-3-13(9(15)12-8(5)11)6-4-17-7(16-6)1-2-14;5-2-1-7-4(9)8-3(2)6/h7-8,10-11,13,20-21H,3-6H2,1-2H3,(H,17,18,22,23);3,6-7,14H,1-2,4H2,(H2,11,12,15);1H,(H3,6,7,8,9)/t8-,10-,11-,13-;6-,7+;/m10./s1. The van der Waals surface area contributed by atoms with Crippen molar-refractivity contribution in [2.75, 3.05) is 35.8 Å². The predicted octanol–water partition coefficient (Wildman–Crippen LogP) is 0.187. The molecule has 2 saturated heterocycles. The Hall–Kier alpha value is -4.55. The highest BCUT2D eigenvalue weighted by Gasteiger charge is 2.42. The summed E-state index contributed by atoms with van der Waals surface area (Å²) >= 11 is 1.47. The first kappa shape index (κ1) is 40.9. The van der Waals surface area contributed by atoms with Crippen molar-refractivity contribution in [1.29, 1.82) is 0 Å². The Labute approximate surface area is 290 Å². The van der Waals surface area contributed by atoms with E-state index in [1.54, 1.807) is 0 Å². The first-order valence-corrected chi connectivity index (χ1v) is 16.4. The Kier molecular flexibility index (Phi) is 15.4. The van der Waals surface area contributed by atoms with Crippen molar-refractivity contribution in [3.05, 3.63) is 67.5 Å². The molecule has 0 aliphatic carbocycles. The van der Waals surface area contributed by atoms with E-state index in [9.17, 15) is 42.6 Å². The number of aromatic nitrogens is 6. The average Bonchev–Trinajstić information content (AvgIpc) is 3.65. The summed E-state index contributed by atoms with van der Waals surface area (Å²) in [5.41, 5.74) is 7.72. The van der Waals surface area contributed by atoms with Gasteiger partial charge in [0.05, 0.1) is 31.3 Å². The summed E-state index contributed by atoms with van der Waals surface area (Å²) in [6.07, 6.45) is -0.572. The second-order valence-electron chi connectivity index (χ2n) is 10.8. The van der Waals surface area contributed by atoms with E-state index >= 15 is 0 Å². The minimum atomic E-state index is -1.41. The van der Waals surface area contributed by atoms with E-state index in [1.165, 1.54) is 18.7 Å². The Morgan fingerprint density at radius 1 is 1.06 bits per heavy atom. The lowest BCUT2D eigenvalue weighted by Gasteiger charge is -2.17. The number of rotatable bonds is 9. The number of hydrogen-bond donors (Lipinski definition) is 7. The lowest BCUT2D eigenvalue weighted by molar-refractivity contribution is -0.0355. The number of anilines is 3. The van der Waals surface area contributed by atoms with E-state index in [2.05, 4.69) is 20.3 Å². The van der Waals surface area contributed by atoms with E-state index < -0.39 is 83.0 Å². The number of ether oxygens (including phenoxy) is 3. The maximum atomic E-state index is 14.1. The molecular weight excluding hydrogens is 711 g/mol. The summed E-state index contributed by atoms with van der Waals surface area (Å²) < 4.78 is 56.9. The van der Waals surface area contributed by atoms with Crippen LogP contribution in [0.4, 0.5) is 35.4 Å². The van der Waals surface area contributed by atoms with E-state index in [4.69, 9.17) is 30.8 Å². The molecule has 3 aromatic heterocycles. The molecule has 2 aliphatic rings. The molecule has 0 saturated carbocycles. The monoisotopic (exact) mass is 749 g/mol. The minimum absolute atomic E-state index is 0.00757. The molecule has 2 aliphatic heterocycles. The number of hydrogen-bond acceptors (Lipinski definition) is 16. The summed E-state index contributed by atoms with van der Waals surface area (Å²) in [6.45, 7) is 3.69. The highest BCUT2D eigenvalue weighted by Crippen LogP contribution is 2.33. The average molecular weight is 750 g/mol. The number of nitrogens with two attached hydrogens (primary N) is 2. The predicted molar refractivity (Wildman–Crippen MR) is 175 cm³/mol. The van der Waals surface area contributed by atoms with Crippen molar-refractivity contribution in [2.45, 2.75) is 75.7 Å². The van der Waals surface area contributed by atoms with Crippen molar-refractivity contribution in [2.24, 2.45) is 0 Å². The highest BCUT2D eigenvalue weighted by molar-refractivity contribution is 7.99. The number of unbranched alkanes of at least 4 members (excludes halogenated alkanes) is 2. The first-order valence-electron chi connectivity index (χ1n) is 15.3. The van der Waals surface area contributed by atoms with Gasteiger partial charge in [0.15, 0.2) is 35.3 Å². The summed E-state index contributed by atoms with van der Waals surface area (Å²) in [5, 5.41) is 30.4. The Morgan fingerprint density at radius 2 is 1.75 bits per heavy atom. The van der Waals surface area contributed by atoms with Crippen molar-refractivity contribution in [3.63, 3.8) is 0 Å². The van der Waals surface area contributed by atoms with Crippen LogP contribution in [0.25, 0.3) is 0 Å². The summed E-state index contributed by atoms with van der Waals surface area (Å²) in [7, 11) is 0. The SMILES string of the molecule is CCCCCOC(=O)Nc1nc(=O)n([C@@H]2O[C@H](C)[C@@H](O)[C@H]2O)cc1F.Nc1[nH]c(=O)ncc1F.Nc1nc(=O)n([C@@H]2CS[C@H](CCO)O2)cc1F. The molecule has 282 valence electrons. The van der Waals surface area contributed by atoms with Crippen molar-refractivity contribution < 1.29 is 47.5 Å². The molecule has 0 radical (unpaired) electrons. The van der Waals surface area contributed by atoms with Crippen molar-refractivity contribution in [1.82, 2.24) is 29.1 Å². The third-order valence-corrected chi connectivity index (χ3v) is 8.19. The van der Waals surface area contributed by atoms with Crippen LogP contribution < -0.4 is 33.9 Å². The fraction of sp³-hybridized carbons (Fsp3) is 0.536. The molecule has 51 heavy (non-hydrogen) atoms. The quantitative estimate of drug-likeness (QED) is 0.144. The van der Waals surface area contributed by atoms with Gasteiger partial charge in [0, 0.05) is 18.8 Å². The van der Waals surface area contributed by atoms with Crippen LogP contribution in [0.15, 0.2) is 33.0 Å². The topological polar surface area (TPSA) is 285 Å². The summed E-state index contributed by atoms with van der Waals surface area (Å²) in [4.78, 5) is 57.2. The zero-order valence-electron chi connectivity index (χ0n) is 27.3. The van der Waals surface area contributed by atoms with Gasteiger partial charge in [-0.3, -0.25) is 19.4 Å². The van der Waals surface area contributed by atoms with E-state index in [-0.39, 0.29) is 24.5 Å². The largest absolute Gasteiger partial charge is 0.449 e. The molecule has 3 aromatic rings. The Bertz CT molecular complexity index is 1800. The number of thioether (sulfide) groups is 1. The van der Waals surface area contributed by atoms with Crippen LogP contribution in [0.1, 0.15) is 52.0 Å². The van der Waals surface area contributed by atoms with Gasteiger partial charge in [-0.25, -0.2) is 32.3 Å². The molecule has 0 spiro atoms. The van der Waals surface area contributed by atoms with Gasteiger partial charge in [-0.1, -0.05) is 19.8 Å². The van der Waals surface area contributed by atoms with Crippen LogP contribution in [0, 0.1) is 17.5 Å². The number of carbonyl (C=O) groups is 1. The van der Waals surface area contributed by atoms with Crippen LogP contribution in [0.5, 0.6) is 0 Å². The number of aromatic amines is 1. The van der Waals surface area contributed by atoms with Crippen LogP contribution in [0.2, 0.25) is 0 Å². The number of nitrogens with zero attached hydrogens (tertiary/aromatic N) is 5. The van der Waals surface area contributed by atoms with Crippen LogP contribution >= 0.6 is 11.8 Å². The van der Waals surface area contributed by atoms with E-state index in [1.807, 2.05) is 11.9 Å². The van der Waals surface area contributed by atoms with Crippen LogP contribution in [-0.4, -0.2) is 93.2 Å². The Balaban J connectivity index is 0.000000231. The molecule has 0 bridgehead atoms. The number of carbonyl (C=O) groups excluding carboxylic acids is 1. The maximum Gasteiger partial charge on any atom is 0.412 e. The number of nitrogens with one attached hydrogen (secondary N) is 2. The van der Waals surface area contributed by atoms with Crippen LogP contribution in [0.3, 0.4) is 0 Å². The molecule has 19 nitrogen and oxygen atoms in total. The third kappa shape index (κ3) is 11.5. The normalized spacial score (nSPS) is 22.4. The van der Waals surface area contributed by atoms with Gasteiger partial charge in [-0.2, -0.15) is 15.0 Å². The Morgan fingerprint density at radius 3 is 2.35 bits per heavy atom. The molecule has 0 aromatic carbocycles. The number of aliphatic hydroxyl groups is 3. The number of aliphatic hydroxyl groups excluding tert-OH is 3. The molecule has 1 amide bonds. The fourth-order valence-electron chi connectivity index (χ4n) is 4.32. The smallest absolute Gasteiger partial charge is 0.412 e. The third-order valence-electron chi connectivity index (χ3n) is 7.00. The van der Waals surface area contributed by atoms with Gasteiger partial charge in [0.2, 0.25) is 0 Å². The zero-order chi connectivity index (χ0) is 37.8. The molecule has 6 atom stereocenters. The van der Waals surface area contributed by atoms with E-state index in [0.717, 1.165) is 40.6 Å². The molecule has 23 heteroatoms. The lowest BCUT2D eigenvalue weighted by Crippen LogP contribution is -2.36. The van der Waals surface area contributed by atoms with Gasteiger partial charge in [0.1, 0.15) is 29.7 Å². The summed E-state index contributed by atoms with van der Waals surface area (Å²) in [6, 6.07) is 0. The zero-order valence-corrected chi connectivity index (χ0v) is 28.1. The maximum absolute atomic E-state index is 14.1. The number of nitrogen functional groups attached to an aromatic ring is 2. The second-order valence-corrected chi connectivity index (χ2v) is 12.0. The number of amides is 1. The van der Waals surface area contributed by atoms with Crippen molar-refractivity contribution in [3.8, 4) is 0 Å². The number of H-pyrrole nitrogens is 1. The van der Waals surface area contributed by atoms with E-state index in [0.29, 0.717) is 18.6 Å². The molecule has 5 rings (SSSR count). The van der Waals surface area contributed by atoms with Gasteiger partial charge in [-0.05, 0) is 13.3 Å². The highest BCUT2D eigenvalue weighted by atomic mass is 32.2. The van der Waals surface area contributed by atoms with Gasteiger partial charge in [-0.15, -0.1) is 11.8 Å². The molecule has 2 fully saturated rings. The van der Waals surface area contributed by atoms with Gasteiger partial charge >= 0.3 is 23.2 Å². The molecule has 9 N–H and O–H groups in total. The second kappa shape index (κ2) is 19.2. The molecular formula is C28H38F3N9O10S. The van der Waals surface area contributed by atoms with Crippen LogP contribution in [-0.2, 0) is 14.2 Å². The lowest BCUT2D eigenvalue weighted by atomic mass is 10.1. The fourth-order valence-corrected chi connectivity index (χ4v) is 5.42. The minimum Gasteiger partial charge on any atom is -0.449 e. The molecule has 0 unspecified atom stereocenters.